The van der Waals surface area contributed by atoms with Crippen LogP contribution in [0.1, 0.15) is 25.7 Å². The predicted molar refractivity (Wildman–Crippen MR) is 85.5 cm³/mol. The Morgan fingerprint density at radius 2 is 1.96 bits per heavy atom. The highest BCUT2D eigenvalue weighted by molar-refractivity contribution is 5.95. The SMILES string of the molecule is COCCOc1cccc(NC(=O)C2CCCCC2C(=O)O)c1. The molecule has 6 nitrogen and oxygen atoms in total. The molecular weight excluding hydrogens is 298 g/mol. The van der Waals surface area contributed by atoms with Crippen LogP contribution < -0.4 is 10.1 Å². The summed E-state index contributed by atoms with van der Waals surface area (Å²) in [6, 6.07) is 7.07. The monoisotopic (exact) mass is 321 g/mol. The first-order valence-corrected chi connectivity index (χ1v) is 7.87. The number of amides is 1. The fourth-order valence-corrected chi connectivity index (χ4v) is 2.88. The van der Waals surface area contributed by atoms with E-state index in [1.807, 2.05) is 0 Å². The summed E-state index contributed by atoms with van der Waals surface area (Å²) >= 11 is 0. The van der Waals surface area contributed by atoms with E-state index >= 15 is 0 Å². The molecule has 0 aliphatic heterocycles. The number of anilines is 1. The van der Waals surface area contributed by atoms with Gasteiger partial charge in [-0.25, -0.2) is 0 Å². The molecule has 0 aromatic heterocycles. The van der Waals surface area contributed by atoms with E-state index in [1.165, 1.54) is 0 Å². The van der Waals surface area contributed by atoms with Gasteiger partial charge < -0.3 is 19.9 Å². The first kappa shape index (κ1) is 17.3. The molecule has 0 radical (unpaired) electrons. The number of benzene rings is 1. The zero-order valence-electron chi connectivity index (χ0n) is 13.3. The van der Waals surface area contributed by atoms with Gasteiger partial charge in [-0.05, 0) is 25.0 Å². The van der Waals surface area contributed by atoms with E-state index < -0.39 is 17.8 Å². The predicted octanol–water partition coefficient (Wildman–Crippen LogP) is 2.54. The van der Waals surface area contributed by atoms with Gasteiger partial charge in [-0.1, -0.05) is 18.9 Å². The minimum atomic E-state index is -0.888. The highest BCUT2D eigenvalue weighted by atomic mass is 16.5. The highest BCUT2D eigenvalue weighted by Gasteiger charge is 2.35. The van der Waals surface area contributed by atoms with E-state index in [4.69, 9.17) is 9.47 Å². The lowest BCUT2D eigenvalue weighted by Crippen LogP contribution is -2.36. The molecule has 2 atom stereocenters. The van der Waals surface area contributed by atoms with Crippen LogP contribution in [-0.2, 0) is 14.3 Å². The second-order valence-corrected chi connectivity index (χ2v) is 5.69. The van der Waals surface area contributed by atoms with E-state index in [2.05, 4.69) is 5.32 Å². The zero-order valence-corrected chi connectivity index (χ0v) is 13.3. The van der Waals surface area contributed by atoms with Crippen LogP contribution in [0.2, 0.25) is 0 Å². The Kier molecular flexibility index (Phi) is 6.40. The lowest BCUT2D eigenvalue weighted by atomic mass is 9.78. The van der Waals surface area contributed by atoms with Crippen molar-refractivity contribution in [3.05, 3.63) is 24.3 Å². The number of hydrogen-bond donors (Lipinski definition) is 2. The second kappa shape index (κ2) is 8.53. The summed E-state index contributed by atoms with van der Waals surface area (Å²) in [5.41, 5.74) is 0.611. The molecular formula is C17H23NO5. The fraction of sp³-hybridized carbons (Fsp3) is 0.529. The summed E-state index contributed by atoms with van der Waals surface area (Å²) in [6.45, 7) is 0.913. The molecule has 6 heteroatoms. The molecule has 1 aromatic rings. The van der Waals surface area contributed by atoms with Crippen molar-refractivity contribution >= 4 is 17.6 Å². The Morgan fingerprint density at radius 3 is 2.65 bits per heavy atom. The van der Waals surface area contributed by atoms with E-state index in [9.17, 15) is 14.7 Å². The number of hydrogen-bond acceptors (Lipinski definition) is 4. The molecule has 1 saturated carbocycles. The van der Waals surface area contributed by atoms with E-state index in [1.54, 1.807) is 31.4 Å². The Hall–Kier alpha value is -2.08. The van der Waals surface area contributed by atoms with Gasteiger partial charge in [0.1, 0.15) is 12.4 Å². The average molecular weight is 321 g/mol. The quantitative estimate of drug-likeness (QED) is 0.754. The van der Waals surface area contributed by atoms with Crippen LogP contribution in [-0.4, -0.2) is 37.3 Å². The van der Waals surface area contributed by atoms with Crippen LogP contribution in [0.5, 0.6) is 5.75 Å². The fourth-order valence-electron chi connectivity index (χ4n) is 2.88. The number of ether oxygens (including phenoxy) is 2. The maximum absolute atomic E-state index is 12.4. The van der Waals surface area contributed by atoms with Crippen LogP contribution in [0.4, 0.5) is 5.69 Å². The molecule has 0 heterocycles. The number of methoxy groups -OCH3 is 1. The summed E-state index contributed by atoms with van der Waals surface area (Å²) in [6.07, 6.45) is 2.94. The summed E-state index contributed by atoms with van der Waals surface area (Å²) in [5.74, 6) is -1.55. The Labute approximate surface area is 135 Å². The van der Waals surface area contributed by atoms with Gasteiger partial charge in [0.25, 0.3) is 0 Å². The number of carbonyl (C=O) groups is 2. The van der Waals surface area contributed by atoms with Crippen LogP contribution in [0, 0.1) is 11.8 Å². The number of carbonyl (C=O) groups excluding carboxylic acids is 1. The summed E-state index contributed by atoms with van der Waals surface area (Å²) in [5, 5.41) is 12.1. The smallest absolute Gasteiger partial charge is 0.307 e. The topological polar surface area (TPSA) is 84.9 Å². The summed E-state index contributed by atoms with van der Waals surface area (Å²) in [4.78, 5) is 23.7. The van der Waals surface area contributed by atoms with Gasteiger partial charge in [-0.3, -0.25) is 9.59 Å². The molecule has 0 bridgehead atoms. The molecule has 23 heavy (non-hydrogen) atoms. The molecule has 1 aliphatic rings. The third kappa shape index (κ3) is 4.96. The van der Waals surface area contributed by atoms with E-state index in [0.29, 0.717) is 37.5 Å². The zero-order chi connectivity index (χ0) is 16.7. The molecule has 126 valence electrons. The molecule has 2 unspecified atom stereocenters. The molecule has 1 fully saturated rings. The standard InChI is InChI=1S/C17H23NO5/c1-22-9-10-23-13-6-4-5-12(11-13)18-16(19)14-7-2-3-8-15(14)17(20)21/h4-6,11,14-15H,2-3,7-10H2,1H3,(H,18,19)(H,20,21). The largest absolute Gasteiger partial charge is 0.491 e. The van der Waals surface area contributed by atoms with Crippen molar-refractivity contribution < 1.29 is 24.2 Å². The van der Waals surface area contributed by atoms with Gasteiger partial charge in [-0.2, -0.15) is 0 Å². The van der Waals surface area contributed by atoms with Gasteiger partial charge in [0.05, 0.1) is 18.4 Å². The Morgan fingerprint density at radius 1 is 1.22 bits per heavy atom. The molecule has 0 spiro atoms. The Balaban J connectivity index is 1.98. The van der Waals surface area contributed by atoms with Crippen molar-refractivity contribution in [3.63, 3.8) is 0 Å². The summed E-state index contributed by atoms with van der Waals surface area (Å²) < 4.78 is 10.4. The highest BCUT2D eigenvalue weighted by Crippen LogP contribution is 2.31. The van der Waals surface area contributed by atoms with Crippen LogP contribution in [0.25, 0.3) is 0 Å². The minimum Gasteiger partial charge on any atom is -0.491 e. The van der Waals surface area contributed by atoms with Gasteiger partial charge in [0, 0.05) is 18.9 Å². The number of carboxylic acid groups (broad SMARTS) is 1. The molecule has 1 aliphatic carbocycles. The number of nitrogens with one attached hydrogen (secondary N) is 1. The molecule has 1 amide bonds. The van der Waals surface area contributed by atoms with Gasteiger partial charge in [0.2, 0.25) is 5.91 Å². The van der Waals surface area contributed by atoms with Gasteiger partial charge >= 0.3 is 5.97 Å². The molecule has 2 rings (SSSR count). The third-order valence-corrected chi connectivity index (χ3v) is 4.08. The summed E-state index contributed by atoms with van der Waals surface area (Å²) in [7, 11) is 1.60. The van der Waals surface area contributed by atoms with E-state index in [0.717, 1.165) is 12.8 Å². The molecule has 0 saturated heterocycles. The van der Waals surface area contributed by atoms with Crippen LogP contribution in [0.3, 0.4) is 0 Å². The maximum atomic E-state index is 12.4. The number of aliphatic carboxylic acids is 1. The van der Waals surface area contributed by atoms with Crippen molar-refractivity contribution in [3.8, 4) is 5.75 Å². The number of rotatable bonds is 7. The minimum absolute atomic E-state index is 0.230. The van der Waals surface area contributed by atoms with E-state index in [-0.39, 0.29) is 5.91 Å². The van der Waals surface area contributed by atoms with Crippen LogP contribution >= 0.6 is 0 Å². The van der Waals surface area contributed by atoms with Crippen molar-refractivity contribution in [2.24, 2.45) is 11.8 Å². The molecule has 1 aromatic carbocycles. The lowest BCUT2D eigenvalue weighted by molar-refractivity contribution is -0.147. The lowest BCUT2D eigenvalue weighted by Gasteiger charge is -2.27. The van der Waals surface area contributed by atoms with Crippen molar-refractivity contribution in [2.75, 3.05) is 25.6 Å². The maximum Gasteiger partial charge on any atom is 0.307 e. The average Bonchev–Trinajstić information content (AvgIpc) is 2.55. The number of carboxylic acids is 1. The van der Waals surface area contributed by atoms with Crippen LogP contribution in [0.15, 0.2) is 24.3 Å². The Bertz CT molecular complexity index is 546. The van der Waals surface area contributed by atoms with Gasteiger partial charge in [-0.15, -0.1) is 0 Å². The van der Waals surface area contributed by atoms with Gasteiger partial charge in [0.15, 0.2) is 0 Å². The third-order valence-electron chi connectivity index (χ3n) is 4.08. The van der Waals surface area contributed by atoms with Crippen molar-refractivity contribution in [1.29, 1.82) is 0 Å². The molecule has 2 N–H and O–H groups in total. The van der Waals surface area contributed by atoms with Crippen molar-refractivity contribution in [1.82, 2.24) is 0 Å². The van der Waals surface area contributed by atoms with Crippen molar-refractivity contribution in [2.45, 2.75) is 25.7 Å². The first-order valence-electron chi connectivity index (χ1n) is 7.87. The second-order valence-electron chi connectivity index (χ2n) is 5.69. The normalized spacial score (nSPS) is 20.7. The first-order chi connectivity index (χ1) is 11.1.